The molecular formula is C22H23F6N3O3. The molecule has 6 nitrogen and oxygen atoms in total. The van der Waals surface area contributed by atoms with Crippen LogP contribution < -0.4 is 15.0 Å². The number of carbonyl (C=O) groups excluding carboxylic acids is 1. The highest BCUT2D eigenvalue weighted by Gasteiger charge is 2.43. The third-order valence-corrected chi connectivity index (χ3v) is 5.80. The maximum absolute atomic E-state index is 14.5. The maximum atomic E-state index is 14.5. The monoisotopic (exact) mass is 491 g/mol. The first-order chi connectivity index (χ1) is 16.0. The van der Waals surface area contributed by atoms with Crippen LogP contribution in [0.25, 0.3) is 0 Å². The van der Waals surface area contributed by atoms with Crippen molar-refractivity contribution in [2.75, 3.05) is 23.3 Å². The fraction of sp³-hybridized carbons (Fsp3) is 0.545. The van der Waals surface area contributed by atoms with Gasteiger partial charge < -0.3 is 19.4 Å². The van der Waals surface area contributed by atoms with Gasteiger partial charge in [-0.2, -0.15) is 18.2 Å². The van der Waals surface area contributed by atoms with Crippen molar-refractivity contribution in [2.24, 2.45) is 0 Å². The summed E-state index contributed by atoms with van der Waals surface area (Å²) in [6, 6.07) is 3.07. The second kappa shape index (κ2) is 9.38. The first-order valence-electron chi connectivity index (χ1n) is 11.0. The van der Waals surface area contributed by atoms with Crippen molar-refractivity contribution in [1.82, 2.24) is 4.98 Å². The first kappa shape index (κ1) is 24.2. The van der Waals surface area contributed by atoms with Crippen molar-refractivity contribution in [2.45, 2.75) is 63.1 Å². The zero-order valence-corrected chi connectivity index (χ0v) is 18.1. The van der Waals surface area contributed by atoms with Crippen LogP contribution in [0, 0.1) is 5.82 Å². The summed E-state index contributed by atoms with van der Waals surface area (Å²) in [5, 5.41) is 2.29. The molecule has 2 aromatic rings. The van der Waals surface area contributed by atoms with Gasteiger partial charge in [-0.3, -0.25) is 4.79 Å². The van der Waals surface area contributed by atoms with E-state index in [-0.39, 0.29) is 24.5 Å². The zero-order valence-electron chi connectivity index (χ0n) is 18.1. The Morgan fingerprint density at radius 2 is 1.94 bits per heavy atom. The molecule has 0 bridgehead atoms. The largest absolute Gasteiger partial charge is 0.481 e. The number of oxazole rings is 1. The highest BCUT2D eigenvalue weighted by atomic mass is 19.4. The van der Waals surface area contributed by atoms with Crippen molar-refractivity contribution in [3.63, 3.8) is 0 Å². The van der Waals surface area contributed by atoms with E-state index in [0.717, 1.165) is 25.0 Å². The van der Waals surface area contributed by atoms with Crippen LogP contribution in [0.2, 0.25) is 0 Å². The lowest BCUT2D eigenvalue weighted by Gasteiger charge is -2.31. The average molecular weight is 491 g/mol. The third-order valence-electron chi connectivity index (χ3n) is 5.80. The van der Waals surface area contributed by atoms with E-state index in [1.54, 1.807) is 4.90 Å². The van der Waals surface area contributed by atoms with E-state index < -0.39 is 53.6 Å². The number of amides is 1. The molecule has 2 heterocycles. The summed E-state index contributed by atoms with van der Waals surface area (Å²) in [5.74, 6) is -6.13. The van der Waals surface area contributed by atoms with Gasteiger partial charge in [-0.1, -0.05) is 0 Å². The predicted molar refractivity (Wildman–Crippen MR) is 110 cm³/mol. The number of nitrogens with one attached hydrogen (secondary N) is 1. The number of aromatic nitrogens is 1. The minimum absolute atomic E-state index is 0.0785. The normalized spacial score (nSPS) is 20.4. The number of carbonyl (C=O) groups is 1. The van der Waals surface area contributed by atoms with Crippen LogP contribution in [0.1, 0.15) is 54.8 Å². The molecule has 1 amide bonds. The van der Waals surface area contributed by atoms with Crippen LogP contribution in [0.5, 0.6) is 5.75 Å². The summed E-state index contributed by atoms with van der Waals surface area (Å²) >= 11 is 0. The summed E-state index contributed by atoms with van der Waals surface area (Å²) in [7, 11) is 0. The fourth-order valence-electron chi connectivity index (χ4n) is 4.09. The van der Waals surface area contributed by atoms with Crippen molar-refractivity contribution in [3.8, 4) is 5.75 Å². The quantitative estimate of drug-likeness (QED) is 0.523. The average Bonchev–Trinajstić information content (AvgIpc) is 3.40. The molecule has 0 spiro atoms. The lowest BCUT2D eigenvalue weighted by Crippen LogP contribution is -2.41. The van der Waals surface area contributed by atoms with E-state index in [4.69, 9.17) is 9.15 Å². The van der Waals surface area contributed by atoms with Crippen molar-refractivity contribution in [3.05, 3.63) is 35.5 Å². The second-order valence-electron chi connectivity index (χ2n) is 8.47. The number of nitrogens with zero attached hydrogens (tertiary/aromatic N) is 2. The lowest BCUT2D eigenvalue weighted by atomic mass is 9.94. The first-order valence-corrected chi connectivity index (χ1v) is 11.0. The molecule has 1 aromatic heterocycles. The molecule has 1 atom stereocenters. The van der Waals surface area contributed by atoms with E-state index in [2.05, 4.69) is 10.3 Å². The fourth-order valence-corrected chi connectivity index (χ4v) is 4.09. The molecule has 4 rings (SSSR count). The molecule has 1 saturated carbocycles. The summed E-state index contributed by atoms with van der Waals surface area (Å²) in [5.41, 5.74) is -0.657. The van der Waals surface area contributed by atoms with Crippen LogP contribution in [0.3, 0.4) is 0 Å². The van der Waals surface area contributed by atoms with E-state index in [0.29, 0.717) is 25.9 Å². The number of benzene rings is 1. The second-order valence-corrected chi connectivity index (χ2v) is 8.47. The number of alkyl halides is 5. The molecule has 1 N–H and O–H groups in total. The van der Waals surface area contributed by atoms with Crippen molar-refractivity contribution in [1.29, 1.82) is 0 Å². The Morgan fingerprint density at radius 1 is 1.21 bits per heavy atom. The van der Waals surface area contributed by atoms with Gasteiger partial charge in [0.25, 0.3) is 17.8 Å². The van der Waals surface area contributed by atoms with Gasteiger partial charge >= 0.3 is 6.18 Å². The molecule has 2 aliphatic rings. The Hall–Kier alpha value is -2.92. The van der Waals surface area contributed by atoms with Gasteiger partial charge in [-0.05, 0) is 44.2 Å². The predicted octanol–water partition coefficient (Wildman–Crippen LogP) is 5.73. The van der Waals surface area contributed by atoms with E-state index in [9.17, 15) is 31.1 Å². The Bertz CT molecular complexity index is 1030. The number of rotatable bonds is 6. The number of hydrogen-bond acceptors (Lipinski definition) is 5. The third kappa shape index (κ3) is 5.58. The SMILES string of the molecule is O=C(Nc1ccc(OC2CCCCC2(F)F)c(F)c1)c1nc(N2CCCC2)oc1CC(F)(F)F. The van der Waals surface area contributed by atoms with E-state index in [1.165, 1.54) is 6.07 Å². The van der Waals surface area contributed by atoms with Crippen LogP contribution in [0.4, 0.5) is 38.0 Å². The van der Waals surface area contributed by atoms with Gasteiger partial charge in [0, 0.05) is 31.3 Å². The lowest BCUT2D eigenvalue weighted by molar-refractivity contribution is -0.130. The number of ether oxygens (including phenoxy) is 1. The highest BCUT2D eigenvalue weighted by molar-refractivity contribution is 6.03. The molecule has 1 aromatic carbocycles. The number of anilines is 2. The smallest absolute Gasteiger partial charge is 0.396 e. The molecule has 0 radical (unpaired) electrons. The van der Waals surface area contributed by atoms with Gasteiger partial charge in [0.2, 0.25) is 0 Å². The van der Waals surface area contributed by atoms with Gasteiger partial charge in [0.1, 0.15) is 12.2 Å². The maximum Gasteiger partial charge on any atom is 0.396 e. The van der Waals surface area contributed by atoms with Crippen molar-refractivity contribution >= 4 is 17.6 Å². The topological polar surface area (TPSA) is 67.6 Å². The molecule has 1 unspecified atom stereocenters. The number of halogens is 6. The van der Waals surface area contributed by atoms with Crippen LogP contribution >= 0.6 is 0 Å². The minimum Gasteiger partial charge on any atom is -0.481 e. The van der Waals surface area contributed by atoms with Gasteiger partial charge in [-0.25, -0.2) is 13.2 Å². The molecule has 2 fully saturated rings. The molecule has 34 heavy (non-hydrogen) atoms. The summed E-state index contributed by atoms with van der Waals surface area (Å²) in [4.78, 5) is 18.3. The zero-order chi connectivity index (χ0) is 24.5. The van der Waals surface area contributed by atoms with Crippen LogP contribution in [0.15, 0.2) is 22.6 Å². The molecular weight excluding hydrogens is 468 g/mol. The van der Waals surface area contributed by atoms with Gasteiger partial charge in [0.15, 0.2) is 23.4 Å². The van der Waals surface area contributed by atoms with Crippen LogP contribution in [-0.4, -0.2) is 42.2 Å². The summed E-state index contributed by atoms with van der Waals surface area (Å²) < 4.78 is 91.9. The molecule has 1 aliphatic heterocycles. The standard InChI is InChI=1S/C22H23F6N3O3/c23-14-11-13(6-7-15(14)33-17-5-1-2-8-21(17,24)25)29-19(32)18-16(12-22(26,27)28)34-20(30-18)31-9-3-4-10-31/h6-7,11,17H,1-5,8-10,12H2,(H,29,32). The summed E-state index contributed by atoms with van der Waals surface area (Å²) in [6.45, 7) is 1.08. The highest BCUT2D eigenvalue weighted by Crippen LogP contribution is 2.37. The van der Waals surface area contributed by atoms with E-state index >= 15 is 0 Å². The molecule has 186 valence electrons. The Balaban J connectivity index is 1.50. The van der Waals surface area contributed by atoms with Gasteiger partial charge in [-0.15, -0.1) is 0 Å². The Kier molecular flexibility index (Phi) is 6.68. The molecule has 1 aliphatic carbocycles. The molecule has 12 heteroatoms. The summed E-state index contributed by atoms with van der Waals surface area (Å²) in [6.07, 6.45) is -5.32. The van der Waals surface area contributed by atoms with Crippen LogP contribution in [-0.2, 0) is 6.42 Å². The minimum atomic E-state index is -4.64. The Morgan fingerprint density at radius 3 is 2.59 bits per heavy atom. The van der Waals surface area contributed by atoms with Gasteiger partial charge in [0.05, 0.1) is 0 Å². The van der Waals surface area contributed by atoms with E-state index in [1.807, 2.05) is 0 Å². The Labute approximate surface area is 191 Å². The molecule has 1 saturated heterocycles. The van der Waals surface area contributed by atoms with Crippen molar-refractivity contribution < 1.29 is 40.3 Å². The number of hydrogen-bond donors (Lipinski definition) is 1.